The topological polar surface area (TPSA) is 20.2 Å². The molecule has 0 radical (unpaired) electrons. The van der Waals surface area contributed by atoms with E-state index in [0.29, 0.717) is 11.3 Å². The van der Waals surface area contributed by atoms with Crippen LogP contribution in [0.15, 0.2) is 0 Å². The number of fused-ring (bicyclic) bond motifs is 1. The molecular weight excluding hydrogens is 136 g/mol. The van der Waals surface area contributed by atoms with Crippen molar-refractivity contribution in [1.29, 1.82) is 0 Å². The highest BCUT2D eigenvalue weighted by Crippen LogP contribution is 2.69. The van der Waals surface area contributed by atoms with E-state index in [0.717, 1.165) is 18.3 Å². The summed E-state index contributed by atoms with van der Waals surface area (Å²) in [5.74, 6) is 2.18. The fraction of sp³-hybridized carbons (Fsp3) is 1.00. The largest absolute Gasteiger partial charge is 0.393 e. The van der Waals surface area contributed by atoms with Gasteiger partial charge in [-0.25, -0.2) is 0 Å². The molecule has 4 atom stereocenters. The van der Waals surface area contributed by atoms with E-state index in [9.17, 15) is 5.11 Å². The summed E-state index contributed by atoms with van der Waals surface area (Å²) in [7, 11) is 0. The van der Waals surface area contributed by atoms with E-state index in [1.807, 2.05) is 0 Å². The summed E-state index contributed by atoms with van der Waals surface area (Å²) in [6.45, 7) is 6.79. The Morgan fingerprint density at radius 2 is 2.00 bits per heavy atom. The Hall–Kier alpha value is -0.0400. The lowest BCUT2D eigenvalue weighted by atomic mass is 9.89. The monoisotopic (exact) mass is 154 g/mol. The van der Waals surface area contributed by atoms with E-state index < -0.39 is 0 Å². The SMILES string of the molecule is CC(C)[C@]12C[C@@H]1[C@H](C)[C@@H](O)C2. The van der Waals surface area contributed by atoms with Crippen LogP contribution < -0.4 is 0 Å². The van der Waals surface area contributed by atoms with Gasteiger partial charge in [0.1, 0.15) is 0 Å². The second-order valence-electron chi connectivity index (χ2n) is 4.83. The van der Waals surface area contributed by atoms with Crippen molar-refractivity contribution in [1.82, 2.24) is 0 Å². The molecule has 0 bridgehead atoms. The minimum Gasteiger partial charge on any atom is -0.393 e. The number of aliphatic hydroxyl groups excluding tert-OH is 1. The molecule has 1 nitrogen and oxygen atoms in total. The van der Waals surface area contributed by atoms with Crippen LogP contribution in [0.1, 0.15) is 33.6 Å². The molecule has 2 rings (SSSR count). The Kier molecular flexibility index (Phi) is 1.39. The van der Waals surface area contributed by atoms with Gasteiger partial charge in [-0.3, -0.25) is 0 Å². The minimum absolute atomic E-state index is 0.00356. The lowest BCUT2D eigenvalue weighted by Crippen LogP contribution is -2.15. The fourth-order valence-electron chi connectivity index (χ4n) is 3.04. The van der Waals surface area contributed by atoms with Gasteiger partial charge in [0.05, 0.1) is 6.10 Å². The molecule has 11 heavy (non-hydrogen) atoms. The van der Waals surface area contributed by atoms with Gasteiger partial charge in [-0.15, -0.1) is 0 Å². The normalized spacial score (nSPS) is 54.8. The number of aliphatic hydroxyl groups is 1. The standard InChI is InChI=1S/C10H18O/c1-6(2)10-4-8(10)7(3)9(11)5-10/h6-9,11H,4-5H2,1-3H3/t7-,8+,9-,10+/m0/s1. The van der Waals surface area contributed by atoms with Crippen LogP contribution in [-0.2, 0) is 0 Å². The maximum absolute atomic E-state index is 9.61. The molecule has 64 valence electrons. The Morgan fingerprint density at radius 1 is 1.36 bits per heavy atom. The van der Waals surface area contributed by atoms with Crippen LogP contribution in [0.2, 0.25) is 0 Å². The van der Waals surface area contributed by atoms with Crippen molar-refractivity contribution < 1.29 is 5.11 Å². The van der Waals surface area contributed by atoms with Crippen molar-refractivity contribution in [2.45, 2.75) is 39.7 Å². The van der Waals surface area contributed by atoms with Crippen LogP contribution in [0.3, 0.4) is 0 Å². The van der Waals surface area contributed by atoms with Gasteiger partial charge < -0.3 is 5.11 Å². The van der Waals surface area contributed by atoms with Crippen molar-refractivity contribution in [2.24, 2.45) is 23.2 Å². The van der Waals surface area contributed by atoms with E-state index in [4.69, 9.17) is 0 Å². The first-order valence-corrected chi connectivity index (χ1v) is 4.76. The maximum atomic E-state index is 9.61. The first-order valence-electron chi connectivity index (χ1n) is 4.76. The molecule has 0 aliphatic heterocycles. The van der Waals surface area contributed by atoms with Gasteiger partial charge in [-0.05, 0) is 36.0 Å². The fourth-order valence-corrected chi connectivity index (χ4v) is 3.04. The van der Waals surface area contributed by atoms with Crippen molar-refractivity contribution in [3.63, 3.8) is 0 Å². The van der Waals surface area contributed by atoms with Gasteiger partial charge in [0, 0.05) is 0 Å². The molecule has 0 saturated heterocycles. The Labute approximate surface area is 68.8 Å². The second kappa shape index (κ2) is 2.01. The van der Waals surface area contributed by atoms with E-state index in [-0.39, 0.29) is 6.10 Å². The van der Waals surface area contributed by atoms with Gasteiger partial charge in [0.25, 0.3) is 0 Å². The second-order valence-corrected chi connectivity index (χ2v) is 4.83. The van der Waals surface area contributed by atoms with Crippen LogP contribution in [0.5, 0.6) is 0 Å². The van der Waals surface area contributed by atoms with E-state index in [1.165, 1.54) is 6.42 Å². The Bertz CT molecular complexity index is 176. The number of hydrogen-bond acceptors (Lipinski definition) is 1. The molecule has 2 aliphatic rings. The van der Waals surface area contributed by atoms with Crippen LogP contribution >= 0.6 is 0 Å². The maximum Gasteiger partial charge on any atom is 0.0574 e. The molecule has 2 fully saturated rings. The number of hydrogen-bond donors (Lipinski definition) is 1. The highest BCUT2D eigenvalue weighted by Gasteiger charge is 2.64. The smallest absolute Gasteiger partial charge is 0.0574 e. The first-order chi connectivity index (χ1) is 5.08. The van der Waals surface area contributed by atoms with Gasteiger partial charge in [0.15, 0.2) is 0 Å². The summed E-state index contributed by atoms with van der Waals surface area (Å²) in [5.41, 5.74) is 0.554. The van der Waals surface area contributed by atoms with Crippen molar-refractivity contribution >= 4 is 0 Å². The number of rotatable bonds is 1. The van der Waals surface area contributed by atoms with E-state index in [2.05, 4.69) is 20.8 Å². The summed E-state index contributed by atoms with van der Waals surface area (Å²) < 4.78 is 0. The zero-order valence-electron chi connectivity index (χ0n) is 7.67. The average Bonchev–Trinajstić information content (AvgIpc) is 2.57. The summed E-state index contributed by atoms with van der Waals surface area (Å²) in [6.07, 6.45) is 2.44. The van der Waals surface area contributed by atoms with Crippen LogP contribution in [-0.4, -0.2) is 11.2 Å². The van der Waals surface area contributed by atoms with Crippen LogP contribution in [0, 0.1) is 23.2 Å². The summed E-state index contributed by atoms with van der Waals surface area (Å²) in [5, 5.41) is 9.61. The molecule has 0 spiro atoms. The molecule has 0 aromatic carbocycles. The predicted molar refractivity (Wildman–Crippen MR) is 45.2 cm³/mol. The third-order valence-corrected chi connectivity index (χ3v) is 4.16. The van der Waals surface area contributed by atoms with Gasteiger partial charge in [-0.2, -0.15) is 0 Å². The van der Waals surface area contributed by atoms with Crippen LogP contribution in [0.25, 0.3) is 0 Å². The lowest BCUT2D eigenvalue weighted by Gasteiger charge is -2.17. The quantitative estimate of drug-likeness (QED) is 0.613. The summed E-state index contributed by atoms with van der Waals surface area (Å²) in [6, 6.07) is 0. The molecular formula is C10H18O. The van der Waals surface area contributed by atoms with E-state index in [1.54, 1.807) is 0 Å². The Balaban J connectivity index is 2.13. The molecule has 1 N–H and O–H groups in total. The summed E-state index contributed by atoms with van der Waals surface area (Å²) in [4.78, 5) is 0. The average molecular weight is 154 g/mol. The van der Waals surface area contributed by atoms with E-state index >= 15 is 0 Å². The van der Waals surface area contributed by atoms with Crippen molar-refractivity contribution in [2.75, 3.05) is 0 Å². The minimum atomic E-state index is -0.00356. The predicted octanol–water partition coefficient (Wildman–Crippen LogP) is 2.05. The highest BCUT2D eigenvalue weighted by molar-refractivity contribution is 5.13. The third kappa shape index (κ3) is 0.807. The third-order valence-electron chi connectivity index (χ3n) is 4.16. The molecule has 2 aliphatic carbocycles. The van der Waals surface area contributed by atoms with Crippen LogP contribution in [0.4, 0.5) is 0 Å². The molecule has 2 saturated carbocycles. The lowest BCUT2D eigenvalue weighted by molar-refractivity contribution is 0.113. The molecule has 0 heterocycles. The molecule has 0 amide bonds. The molecule has 0 aromatic rings. The molecule has 1 heteroatoms. The van der Waals surface area contributed by atoms with Gasteiger partial charge >= 0.3 is 0 Å². The van der Waals surface area contributed by atoms with Crippen molar-refractivity contribution in [3.05, 3.63) is 0 Å². The Morgan fingerprint density at radius 3 is 2.27 bits per heavy atom. The molecule has 0 aromatic heterocycles. The summed E-state index contributed by atoms with van der Waals surface area (Å²) >= 11 is 0. The first kappa shape index (κ1) is 7.60. The highest BCUT2D eigenvalue weighted by atomic mass is 16.3. The zero-order chi connectivity index (χ0) is 8.22. The van der Waals surface area contributed by atoms with Gasteiger partial charge in [0.2, 0.25) is 0 Å². The van der Waals surface area contributed by atoms with Crippen molar-refractivity contribution in [3.8, 4) is 0 Å². The van der Waals surface area contributed by atoms with Gasteiger partial charge in [-0.1, -0.05) is 20.8 Å². The molecule has 0 unspecified atom stereocenters. The zero-order valence-corrected chi connectivity index (χ0v) is 7.67.